The molecule has 0 atom stereocenters. The minimum absolute atomic E-state index is 0.00668. The number of hydrogen-bond donors (Lipinski definition) is 4. The average molecular weight is 316 g/mol. The van der Waals surface area contributed by atoms with Crippen LogP contribution in [0.2, 0.25) is 0 Å². The zero-order valence-electron chi connectivity index (χ0n) is 11.9. The molecule has 7 nitrogen and oxygen atoms in total. The predicted octanol–water partition coefficient (Wildman–Crippen LogP) is 2.29. The molecule has 1 aromatic heterocycles. The molecule has 0 aliphatic heterocycles. The molecule has 0 unspecified atom stereocenters. The first-order valence-electron chi connectivity index (χ1n) is 6.51. The summed E-state index contributed by atoms with van der Waals surface area (Å²) in [6.45, 7) is 0. The fraction of sp³-hybridized carbons (Fsp3) is 0.0625. The van der Waals surface area contributed by atoms with Crippen molar-refractivity contribution in [3.63, 3.8) is 0 Å². The molecule has 0 radical (unpaired) electrons. The third kappa shape index (κ3) is 2.28. The van der Waals surface area contributed by atoms with Crippen LogP contribution < -0.4 is 10.2 Å². The van der Waals surface area contributed by atoms with E-state index in [0.29, 0.717) is 0 Å². The molecule has 3 rings (SSSR count). The second-order valence-electron chi connectivity index (χ2n) is 4.83. The third-order valence-corrected chi connectivity index (χ3v) is 3.38. The molecule has 23 heavy (non-hydrogen) atoms. The molecule has 0 spiro atoms. The lowest BCUT2D eigenvalue weighted by Crippen LogP contribution is -2.04. The van der Waals surface area contributed by atoms with Crippen molar-refractivity contribution in [2.24, 2.45) is 0 Å². The number of phenols is 3. The molecule has 0 saturated carbocycles. The monoisotopic (exact) mass is 316 g/mol. The Morgan fingerprint density at radius 1 is 1.00 bits per heavy atom. The molecule has 0 bridgehead atoms. The standard InChI is InChI=1S/C16H12O7/c1-22-11-5-8(17)6-12-13(11)14(20)15(21)16(23-12)7-2-3-9(18)10(19)4-7/h2-6,17-19,21H,1H3. The molecule has 4 N–H and O–H groups in total. The summed E-state index contributed by atoms with van der Waals surface area (Å²) in [4.78, 5) is 12.4. The van der Waals surface area contributed by atoms with Crippen LogP contribution in [0, 0.1) is 0 Å². The maximum Gasteiger partial charge on any atom is 0.238 e. The molecule has 0 fully saturated rings. The molecular weight excluding hydrogens is 304 g/mol. The van der Waals surface area contributed by atoms with Crippen molar-refractivity contribution in [3.8, 4) is 40.1 Å². The normalized spacial score (nSPS) is 10.8. The fourth-order valence-corrected chi connectivity index (χ4v) is 2.28. The average Bonchev–Trinajstić information content (AvgIpc) is 2.52. The van der Waals surface area contributed by atoms with Gasteiger partial charge in [-0.2, -0.15) is 0 Å². The Hall–Kier alpha value is -3.35. The largest absolute Gasteiger partial charge is 0.508 e. The molecule has 0 saturated heterocycles. The summed E-state index contributed by atoms with van der Waals surface area (Å²) in [5, 5.41) is 38.7. The van der Waals surface area contributed by atoms with Crippen LogP contribution in [0.25, 0.3) is 22.3 Å². The van der Waals surface area contributed by atoms with Gasteiger partial charge < -0.3 is 29.6 Å². The van der Waals surface area contributed by atoms with Crippen molar-refractivity contribution >= 4 is 11.0 Å². The van der Waals surface area contributed by atoms with E-state index >= 15 is 0 Å². The Morgan fingerprint density at radius 3 is 2.39 bits per heavy atom. The Balaban J connectivity index is 2.37. The Bertz CT molecular complexity index is 972. The number of rotatable bonds is 2. The second kappa shape index (κ2) is 5.13. The van der Waals surface area contributed by atoms with Crippen LogP contribution in [0.5, 0.6) is 28.7 Å². The maximum atomic E-state index is 12.4. The quantitative estimate of drug-likeness (QED) is 0.535. The topological polar surface area (TPSA) is 120 Å². The van der Waals surface area contributed by atoms with Gasteiger partial charge in [0.1, 0.15) is 22.5 Å². The minimum Gasteiger partial charge on any atom is -0.508 e. The van der Waals surface area contributed by atoms with E-state index in [1.807, 2.05) is 0 Å². The number of benzene rings is 2. The molecule has 7 heteroatoms. The van der Waals surface area contributed by atoms with Crippen molar-refractivity contribution in [1.29, 1.82) is 0 Å². The van der Waals surface area contributed by atoms with Crippen LogP contribution in [0.15, 0.2) is 39.5 Å². The lowest BCUT2D eigenvalue weighted by atomic mass is 10.1. The summed E-state index contributed by atoms with van der Waals surface area (Å²) in [6, 6.07) is 6.13. The fourth-order valence-electron chi connectivity index (χ4n) is 2.28. The van der Waals surface area contributed by atoms with Crippen LogP contribution in [-0.2, 0) is 0 Å². The van der Waals surface area contributed by atoms with Crippen LogP contribution >= 0.6 is 0 Å². The van der Waals surface area contributed by atoms with Gasteiger partial charge in [0.2, 0.25) is 11.2 Å². The van der Waals surface area contributed by atoms with E-state index in [1.165, 1.54) is 31.4 Å². The first-order chi connectivity index (χ1) is 10.9. The number of hydrogen-bond acceptors (Lipinski definition) is 7. The SMILES string of the molecule is COc1cc(O)cc2oc(-c3ccc(O)c(O)c3)c(O)c(=O)c12. The van der Waals surface area contributed by atoms with Crippen molar-refractivity contribution < 1.29 is 29.6 Å². The number of phenolic OH excluding ortho intramolecular Hbond substituents is 3. The van der Waals surface area contributed by atoms with E-state index in [0.717, 1.165) is 6.07 Å². The summed E-state index contributed by atoms with van der Waals surface area (Å²) >= 11 is 0. The second-order valence-corrected chi connectivity index (χ2v) is 4.83. The van der Waals surface area contributed by atoms with E-state index in [-0.39, 0.29) is 39.5 Å². The first kappa shape index (κ1) is 14.6. The van der Waals surface area contributed by atoms with Gasteiger partial charge in [0, 0.05) is 17.7 Å². The summed E-state index contributed by atoms with van der Waals surface area (Å²) in [7, 11) is 1.32. The van der Waals surface area contributed by atoms with Gasteiger partial charge in [-0.05, 0) is 18.2 Å². The maximum absolute atomic E-state index is 12.4. The number of aromatic hydroxyl groups is 4. The van der Waals surface area contributed by atoms with E-state index in [2.05, 4.69) is 0 Å². The van der Waals surface area contributed by atoms with Gasteiger partial charge in [0.25, 0.3) is 0 Å². The molecule has 0 aliphatic carbocycles. The molecule has 1 heterocycles. The molecule has 3 aromatic rings. The van der Waals surface area contributed by atoms with E-state index in [1.54, 1.807) is 0 Å². The van der Waals surface area contributed by atoms with Crippen molar-refractivity contribution in [2.45, 2.75) is 0 Å². The van der Waals surface area contributed by atoms with Crippen molar-refractivity contribution in [2.75, 3.05) is 7.11 Å². The van der Waals surface area contributed by atoms with Crippen molar-refractivity contribution in [1.82, 2.24) is 0 Å². The van der Waals surface area contributed by atoms with Crippen LogP contribution in [0.4, 0.5) is 0 Å². The number of fused-ring (bicyclic) bond motifs is 1. The smallest absolute Gasteiger partial charge is 0.238 e. The van der Waals surface area contributed by atoms with E-state index in [4.69, 9.17) is 9.15 Å². The summed E-state index contributed by atoms with van der Waals surface area (Å²) in [5.41, 5.74) is -0.558. The summed E-state index contributed by atoms with van der Waals surface area (Å²) in [5.74, 6) is -1.78. The van der Waals surface area contributed by atoms with Gasteiger partial charge in [0.15, 0.2) is 17.3 Å². The number of ether oxygens (including phenoxy) is 1. The minimum atomic E-state index is -0.745. The highest BCUT2D eigenvalue weighted by Crippen LogP contribution is 2.37. The molecule has 0 aliphatic rings. The summed E-state index contributed by atoms with van der Waals surface area (Å²) in [6.07, 6.45) is 0. The van der Waals surface area contributed by atoms with E-state index < -0.39 is 16.9 Å². The first-order valence-corrected chi connectivity index (χ1v) is 6.51. The highest BCUT2D eigenvalue weighted by molar-refractivity contribution is 5.88. The third-order valence-electron chi connectivity index (χ3n) is 3.38. The van der Waals surface area contributed by atoms with Crippen LogP contribution in [-0.4, -0.2) is 27.5 Å². The van der Waals surface area contributed by atoms with Crippen LogP contribution in [0.1, 0.15) is 0 Å². The Kier molecular flexibility index (Phi) is 3.25. The van der Waals surface area contributed by atoms with Crippen molar-refractivity contribution in [3.05, 3.63) is 40.6 Å². The Labute approximate surface area is 129 Å². The highest BCUT2D eigenvalue weighted by atomic mass is 16.5. The lowest BCUT2D eigenvalue weighted by Gasteiger charge is -2.09. The van der Waals surface area contributed by atoms with Gasteiger partial charge in [-0.25, -0.2) is 0 Å². The zero-order chi connectivity index (χ0) is 16.7. The van der Waals surface area contributed by atoms with Crippen LogP contribution in [0.3, 0.4) is 0 Å². The predicted molar refractivity (Wildman–Crippen MR) is 81.1 cm³/mol. The molecular formula is C16H12O7. The molecule has 0 amide bonds. The van der Waals surface area contributed by atoms with Gasteiger partial charge in [-0.1, -0.05) is 0 Å². The summed E-state index contributed by atoms with van der Waals surface area (Å²) < 4.78 is 10.5. The van der Waals surface area contributed by atoms with Gasteiger partial charge >= 0.3 is 0 Å². The molecule has 2 aromatic carbocycles. The number of methoxy groups -OCH3 is 1. The zero-order valence-corrected chi connectivity index (χ0v) is 11.9. The van der Waals surface area contributed by atoms with Gasteiger partial charge in [-0.3, -0.25) is 4.79 Å². The van der Waals surface area contributed by atoms with E-state index in [9.17, 15) is 25.2 Å². The van der Waals surface area contributed by atoms with Gasteiger partial charge in [0.05, 0.1) is 7.11 Å². The lowest BCUT2D eigenvalue weighted by molar-refractivity contribution is 0.403. The Morgan fingerprint density at radius 2 is 1.74 bits per heavy atom. The highest BCUT2D eigenvalue weighted by Gasteiger charge is 2.19. The molecule has 118 valence electrons. The van der Waals surface area contributed by atoms with Gasteiger partial charge in [-0.15, -0.1) is 0 Å².